The van der Waals surface area contributed by atoms with Crippen molar-refractivity contribution in [1.29, 1.82) is 0 Å². The van der Waals surface area contributed by atoms with Gasteiger partial charge in [0, 0.05) is 29.2 Å². The van der Waals surface area contributed by atoms with Crippen molar-refractivity contribution in [2.24, 2.45) is 4.99 Å². The molecule has 0 radical (unpaired) electrons. The molecule has 2 rings (SSSR count). The van der Waals surface area contributed by atoms with Gasteiger partial charge < -0.3 is 16.0 Å². The molecular weight excluding hydrogens is 483 g/mol. The molecule has 0 aromatic heterocycles. The smallest absolute Gasteiger partial charge is 0.251 e. The predicted molar refractivity (Wildman–Crippen MR) is 113 cm³/mol. The maximum Gasteiger partial charge on any atom is 0.251 e. The van der Waals surface area contributed by atoms with Crippen LogP contribution < -0.4 is 16.0 Å². The number of rotatable bonds is 6. The number of amides is 1. The fraction of sp³-hybridized carbons (Fsp3) is 0.412. The number of nitrogens with one attached hydrogen (secondary N) is 3. The second kappa shape index (κ2) is 11.5. The Morgan fingerprint density at radius 1 is 1.21 bits per heavy atom. The summed E-state index contributed by atoms with van der Waals surface area (Å²) < 4.78 is 0.960. The first-order valence-electron chi connectivity index (χ1n) is 7.92. The molecule has 3 N–H and O–H groups in total. The molecule has 0 atom stereocenters. The molecule has 0 saturated heterocycles. The zero-order valence-corrected chi connectivity index (χ0v) is 17.6. The fourth-order valence-corrected chi connectivity index (χ4v) is 2.55. The lowest BCUT2D eigenvalue weighted by atomic mass is 10.2. The van der Waals surface area contributed by atoms with Crippen molar-refractivity contribution in [3.05, 3.63) is 46.5 Å². The summed E-state index contributed by atoms with van der Waals surface area (Å²) in [5.41, 5.74) is 0.652. The highest BCUT2D eigenvalue weighted by molar-refractivity contribution is 14.0. The van der Waals surface area contributed by atoms with Crippen LogP contribution in [0.25, 0.3) is 0 Å². The Labute approximate surface area is 168 Å². The van der Waals surface area contributed by atoms with Gasteiger partial charge >= 0.3 is 0 Å². The summed E-state index contributed by atoms with van der Waals surface area (Å²) in [6.07, 6.45) is 6.43. The Morgan fingerprint density at radius 2 is 1.88 bits per heavy atom. The molecule has 7 heteroatoms. The van der Waals surface area contributed by atoms with E-state index < -0.39 is 0 Å². The van der Waals surface area contributed by atoms with E-state index in [0.29, 0.717) is 24.7 Å². The third-order valence-electron chi connectivity index (χ3n) is 3.47. The SMILES string of the molecule is CCNC(=NCCNC(=O)c1ccc(Br)cc1)NC1CC=CC1.I. The maximum absolute atomic E-state index is 12.0. The molecule has 0 heterocycles. The zero-order chi connectivity index (χ0) is 16.5. The standard InChI is InChI=1S/C17H23BrN4O.HI/c1-2-19-17(22-15-5-3-4-6-15)21-12-11-20-16(23)13-7-9-14(18)10-8-13;/h3-4,7-10,15H,2,5-6,11-12H2,1H3,(H,20,23)(H2,19,21,22);1H. The minimum atomic E-state index is -0.0781. The quantitative estimate of drug-likeness (QED) is 0.183. The first-order chi connectivity index (χ1) is 11.2. The summed E-state index contributed by atoms with van der Waals surface area (Å²) in [4.78, 5) is 16.5. The van der Waals surface area contributed by atoms with E-state index in [1.807, 2.05) is 19.1 Å². The minimum absolute atomic E-state index is 0. The van der Waals surface area contributed by atoms with Crippen LogP contribution >= 0.6 is 39.9 Å². The van der Waals surface area contributed by atoms with Crippen molar-refractivity contribution >= 4 is 51.8 Å². The molecule has 1 aliphatic carbocycles. The van der Waals surface area contributed by atoms with Crippen LogP contribution in [0.15, 0.2) is 45.9 Å². The molecule has 132 valence electrons. The lowest BCUT2D eigenvalue weighted by molar-refractivity contribution is 0.0955. The van der Waals surface area contributed by atoms with Crippen LogP contribution in [0.5, 0.6) is 0 Å². The van der Waals surface area contributed by atoms with Gasteiger partial charge in [-0.3, -0.25) is 9.79 Å². The largest absolute Gasteiger partial charge is 0.357 e. The minimum Gasteiger partial charge on any atom is -0.357 e. The van der Waals surface area contributed by atoms with Gasteiger partial charge in [-0.05, 0) is 44.0 Å². The van der Waals surface area contributed by atoms with E-state index in [0.717, 1.165) is 29.8 Å². The lowest BCUT2D eigenvalue weighted by Gasteiger charge is -2.16. The van der Waals surface area contributed by atoms with Crippen molar-refractivity contribution in [3.8, 4) is 0 Å². The fourth-order valence-electron chi connectivity index (χ4n) is 2.29. The number of nitrogens with zero attached hydrogens (tertiary/aromatic N) is 1. The highest BCUT2D eigenvalue weighted by atomic mass is 127. The summed E-state index contributed by atoms with van der Waals surface area (Å²) in [6, 6.07) is 7.72. The van der Waals surface area contributed by atoms with Gasteiger partial charge in [-0.1, -0.05) is 28.1 Å². The normalized spacial score (nSPS) is 14.2. The Morgan fingerprint density at radius 3 is 2.50 bits per heavy atom. The summed E-state index contributed by atoms with van der Waals surface area (Å²) in [5, 5.41) is 9.51. The Hall–Kier alpha value is -1.09. The van der Waals surface area contributed by atoms with Crippen LogP contribution in [0.4, 0.5) is 0 Å². The van der Waals surface area contributed by atoms with Crippen molar-refractivity contribution in [1.82, 2.24) is 16.0 Å². The molecule has 1 aliphatic rings. The maximum atomic E-state index is 12.0. The van der Waals surface area contributed by atoms with Crippen molar-refractivity contribution in [2.45, 2.75) is 25.8 Å². The third-order valence-corrected chi connectivity index (χ3v) is 4.00. The average molecular weight is 507 g/mol. The van der Waals surface area contributed by atoms with Crippen LogP contribution in [-0.4, -0.2) is 37.5 Å². The molecule has 1 amide bonds. The number of guanidine groups is 1. The highest BCUT2D eigenvalue weighted by Gasteiger charge is 2.11. The van der Waals surface area contributed by atoms with Crippen molar-refractivity contribution in [2.75, 3.05) is 19.6 Å². The predicted octanol–water partition coefficient (Wildman–Crippen LogP) is 3.07. The van der Waals surface area contributed by atoms with Gasteiger partial charge in [-0.2, -0.15) is 0 Å². The van der Waals surface area contributed by atoms with E-state index in [1.165, 1.54) is 0 Å². The molecule has 0 spiro atoms. The molecule has 24 heavy (non-hydrogen) atoms. The topological polar surface area (TPSA) is 65.5 Å². The Balaban J connectivity index is 0.00000288. The number of carbonyl (C=O) groups is 1. The number of hydrogen-bond acceptors (Lipinski definition) is 2. The van der Waals surface area contributed by atoms with Crippen LogP contribution in [-0.2, 0) is 0 Å². The van der Waals surface area contributed by atoms with Gasteiger partial charge in [0.05, 0.1) is 6.54 Å². The lowest BCUT2D eigenvalue weighted by Crippen LogP contribution is -2.43. The van der Waals surface area contributed by atoms with E-state index in [2.05, 4.69) is 49.0 Å². The average Bonchev–Trinajstić information content (AvgIpc) is 3.05. The number of halogens is 2. The van der Waals surface area contributed by atoms with E-state index in [4.69, 9.17) is 0 Å². The zero-order valence-electron chi connectivity index (χ0n) is 13.7. The summed E-state index contributed by atoms with van der Waals surface area (Å²) in [6.45, 7) is 3.91. The first kappa shape index (κ1) is 21.0. The van der Waals surface area contributed by atoms with Gasteiger partial charge in [0.2, 0.25) is 0 Å². The van der Waals surface area contributed by atoms with Crippen LogP contribution in [0.3, 0.4) is 0 Å². The van der Waals surface area contributed by atoms with Gasteiger partial charge in [-0.25, -0.2) is 0 Å². The molecule has 0 unspecified atom stereocenters. The molecule has 1 aromatic carbocycles. The second-order valence-electron chi connectivity index (χ2n) is 5.31. The Kier molecular flexibility index (Phi) is 10.0. The van der Waals surface area contributed by atoms with Gasteiger partial charge in [-0.15, -0.1) is 24.0 Å². The van der Waals surface area contributed by atoms with E-state index in [9.17, 15) is 4.79 Å². The van der Waals surface area contributed by atoms with E-state index >= 15 is 0 Å². The van der Waals surface area contributed by atoms with E-state index in [-0.39, 0.29) is 29.9 Å². The first-order valence-corrected chi connectivity index (χ1v) is 8.72. The summed E-state index contributed by atoms with van der Waals surface area (Å²) in [7, 11) is 0. The molecule has 5 nitrogen and oxygen atoms in total. The molecule has 0 saturated carbocycles. The van der Waals surface area contributed by atoms with Gasteiger partial charge in [0.25, 0.3) is 5.91 Å². The molecule has 0 bridgehead atoms. The van der Waals surface area contributed by atoms with Crippen LogP contribution in [0.1, 0.15) is 30.1 Å². The summed E-state index contributed by atoms with van der Waals surface area (Å²) in [5.74, 6) is 0.727. The number of aliphatic imine (C=N–C) groups is 1. The van der Waals surface area contributed by atoms with Crippen molar-refractivity contribution in [3.63, 3.8) is 0 Å². The van der Waals surface area contributed by atoms with Gasteiger partial charge in [0.15, 0.2) is 5.96 Å². The number of hydrogen-bond donors (Lipinski definition) is 3. The molecule has 0 fully saturated rings. The third kappa shape index (κ3) is 7.21. The van der Waals surface area contributed by atoms with Gasteiger partial charge in [0.1, 0.15) is 0 Å². The molecular formula is C17H24BrIN4O. The Bertz CT molecular complexity index is 566. The number of benzene rings is 1. The second-order valence-corrected chi connectivity index (χ2v) is 6.22. The van der Waals surface area contributed by atoms with Crippen molar-refractivity contribution < 1.29 is 4.79 Å². The van der Waals surface area contributed by atoms with Crippen LogP contribution in [0.2, 0.25) is 0 Å². The molecule has 1 aromatic rings. The monoisotopic (exact) mass is 506 g/mol. The van der Waals surface area contributed by atoms with E-state index in [1.54, 1.807) is 12.1 Å². The molecule has 0 aliphatic heterocycles. The number of carbonyl (C=O) groups excluding carboxylic acids is 1. The highest BCUT2D eigenvalue weighted by Crippen LogP contribution is 2.10. The summed E-state index contributed by atoms with van der Waals surface area (Å²) >= 11 is 3.36. The van der Waals surface area contributed by atoms with Crippen LogP contribution in [0, 0.1) is 0 Å².